The van der Waals surface area contributed by atoms with E-state index in [2.05, 4.69) is 20.7 Å². The zero-order chi connectivity index (χ0) is 14.9. The lowest BCUT2D eigenvalue weighted by atomic mass is 10.2. The molecule has 4 nitrogen and oxygen atoms in total. The minimum absolute atomic E-state index is 0.0248. The van der Waals surface area contributed by atoms with Crippen LogP contribution >= 0.6 is 15.9 Å². The highest BCUT2D eigenvalue weighted by atomic mass is 79.9. The van der Waals surface area contributed by atoms with E-state index >= 15 is 0 Å². The maximum Gasteiger partial charge on any atom is 0.262 e. The summed E-state index contributed by atoms with van der Waals surface area (Å²) in [6.07, 6.45) is 0. The van der Waals surface area contributed by atoms with Crippen LogP contribution in [0.15, 0.2) is 45.8 Å². The third-order valence-corrected chi connectivity index (χ3v) is 4.79. The zero-order valence-electron chi connectivity index (χ0n) is 10.5. The fraction of sp³-hybridized carbons (Fsp3) is 0.0769. The Balaban J connectivity index is 2.40. The first kappa shape index (κ1) is 14.8. The summed E-state index contributed by atoms with van der Waals surface area (Å²) in [5, 5.41) is 0. The molecule has 20 heavy (non-hydrogen) atoms. The smallest absolute Gasteiger partial charge is 0.262 e. The van der Waals surface area contributed by atoms with Gasteiger partial charge in [0, 0.05) is 10.2 Å². The van der Waals surface area contributed by atoms with E-state index in [0.717, 1.165) is 11.6 Å². The Hall–Kier alpha value is -1.60. The molecule has 0 heterocycles. The first-order chi connectivity index (χ1) is 9.29. The summed E-state index contributed by atoms with van der Waals surface area (Å²) in [4.78, 5) is 0.0248. The number of nitrogen functional groups attached to an aromatic ring is 1. The van der Waals surface area contributed by atoms with Gasteiger partial charge >= 0.3 is 0 Å². The maximum absolute atomic E-state index is 13.2. The van der Waals surface area contributed by atoms with Crippen molar-refractivity contribution in [3.8, 4) is 0 Å². The molecule has 0 radical (unpaired) electrons. The van der Waals surface area contributed by atoms with Crippen LogP contribution in [0.5, 0.6) is 0 Å². The molecule has 2 rings (SSSR count). The molecule has 0 aliphatic carbocycles. The highest BCUT2D eigenvalue weighted by molar-refractivity contribution is 9.10. The number of anilines is 2. The van der Waals surface area contributed by atoms with Crippen molar-refractivity contribution in [2.24, 2.45) is 0 Å². The minimum Gasteiger partial charge on any atom is -0.398 e. The van der Waals surface area contributed by atoms with E-state index in [9.17, 15) is 12.8 Å². The van der Waals surface area contributed by atoms with Crippen molar-refractivity contribution in [2.75, 3.05) is 10.5 Å². The molecular formula is C13H12BrFN2O2S. The number of nitrogens with one attached hydrogen (secondary N) is 1. The molecule has 0 spiro atoms. The van der Waals surface area contributed by atoms with Gasteiger partial charge in [-0.05, 0) is 58.7 Å². The predicted molar refractivity (Wildman–Crippen MR) is 80.5 cm³/mol. The summed E-state index contributed by atoms with van der Waals surface area (Å²) in [7, 11) is -3.82. The largest absolute Gasteiger partial charge is 0.398 e. The Bertz CT molecular complexity index is 763. The summed E-state index contributed by atoms with van der Waals surface area (Å²) in [5.41, 5.74) is 7.00. The highest BCUT2D eigenvalue weighted by Crippen LogP contribution is 2.26. The van der Waals surface area contributed by atoms with Gasteiger partial charge in [0.05, 0.1) is 10.6 Å². The van der Waals surface area contributed by atoms with Crippen LogP contribution in [-0.4, -0.2) is 8.42 Å². The lowest BCUT2D eigenvalue weighted by Gasteiger charge is -2.11. The van der Waals surface area contributed by atoms with Gasteiger partial charge in [0.1, 0.15) is 5.82 Å². The fourth-order valence-electron chi connectivity index (χ4n) is 1.57. The molecule has 0 saturated carbocycles. The number of nitrogens with two attached hydrogens (primary N) is 1. The molecule has 0 atom stereocenters. The summed E-state index contributed by atoms with van der Waals surface area (Å²) in [6, 6.07) is 8.18. The molecule has 2 aromatic carbocycles. The van der Waals surface area contributed by atoms with Crippen LogP contribution in [0.25, 0.3) is 0 Å². The first-order valence-corrected chi connectivity index (χ1v) is 7.91. The van der Waals surface area contributed by atoms with Gasteiger partial charge in [-0.3, -0.25) is 4.72 Å². The Morgan fingerprint density at radius 2 is 1.90 bits per heavy atom. The van der Waals surface area contributed by atoms with Gasteiger partial charge in [-0.2, -0.15) is 0 Å². The Morgan fingerprint density at radius 1 is 1.20 bits per heavy atom. The molecule has 0 fully saturated rings. The summed E-state index contributed by atoms with van der Waals surface area (Å²) >= 11 is 3.16. The normalized spacial score (nSPS) is 11.3. The third kappa shape index (κ3) is 3.10. The van der Waals surface area contributed by atoms with Crippen LogP contribution in [0, 0.1) is 12.7 Å². The van der Waals surface area contributed by atoms with Crippen LogP contribution < -0.4 is 10.5 Å². The molecule has 0 saturated heterocycles. The van der Waals surface area contributed by atoms with E-state index in [1.807, 2.05) is 0 Å². The van der Waals surface area contributed by atoms with Crippen molar-refractivity contribution in [3.05, 3.63) is 52.3 Å². The highest BCUT2D eigenvalue weighted by Gasteiger charge is 2.16. The number of sulfonamides is 1. The summed E-state index contributed by atoms with van der Waals surface area (Å²) in [6.45, 7) is 1.78. The van der Waals surface area contributed by atoms with Gasteiger partial charge in [-0.15, -0.1) is 0 Å². The van der Waals surface area contributed by atoms with E-state index in [-0.39, 0.29) is 10.6 Å². The number of halogens is 2. The van der Waals surface area contributed by atoms with Crippen LogP contribution in [0.1, 0.15) is 5.56 Å². The van der Waals surface area contributed by atoms with Gasteiger partial charge < -0.3 is 5.73 Å². The predicted octanol–water partition coefficient (Wildman–Crippen LogP) is 3.28. The molecule has 0 bridgehead atoms. The second kappa shape index (κ2) is 5.41. The molecule has 106 valence electrons. The van der Waals surface area contributed by atoms with Crippen molar-refractivity contribution in [3.63, 3.8) is 0 Å². The number of rotatable bonds is 3. The number of hydrogen-bond acceptors (Lipinski definition) is 3. The van der Waals surface area contributed by atoms with Crippen LogP contribution in [0.4, 0.5) is 15.8 Å². The van der Waals surface area contributed by atoms with Crippen molar-refractivity contribution in [1.82, 2.24) is 0 Å². The van der Waals surface area contributed by atoms with E-state index in [0.29, 0.717) is 10.2 Å². The minimum atomic E-state index is -3.82. The first-order valence-electron chi connectivity index (χ1n) is 5.63. The lowest BCUT2D eigenvalue weighted by molar-refractivity contribution is 0.601. The molecule has 3 N–H and O–H groups in total. The Kier molecular flexibility index (Phi) is 4.01. The molecule has 0 unspecified atom stereocenters. The van der Waals surface area contributed by atoms with E-state index in [1.165, 1.54) is 24.3 Å². The second-order valence-corrected chi connectivity index (χ2v) is 6.78. The fourth-order valence-corrected chi connectivity index (χ4v) is 3.15. The molecule has 0 aliphatic heterocycles. The number of benzene rings is 2. The third-order valence-electron chi connectivity index (χ3n) is 2.73. The van der Waals surface area contributed by atoms with Crippen molar-refractivity contribution < 1.29 is 12.8 Å². The molecule has 0 aliphatic rings. The lowest BCUT2D eigenvalue weighted by Crippen LogP contribution is -2.14. The summed E-state index contributed by atoms with van der Waals surface area (Å²) < 4.78 is 40.4. The molecule has 0 aromatic heterocycles. The number of hydrogen-bond donors (Lipinski definition) is 2. The second-order valence-electron chi connectivity index (χ2n) is 4.25. The van der Waals surface area contributed by atoms with E-state index in [1.54, 1.807) is 13.0 Å². The van der Waals surface area contributed by atoms with Crippen LogP contribution in [-0.2, 0) is 10.0 Å². The van der Waals surface area contributed by atoms with Gasteiger partial charge in [0.25, 0.3) is 10.0 Å². The van der Waals surface area contributed by atoms with Crippen molar-refractivity contribution in [1.29, 1.82) is 0 Å². The molecule has 7 heteroatoms. The van der Waals surface area contributed by atoms with Gasteiger partial charge in [-0.25, -0.2) is 12.8 Å². The van der Waals surface area contributed by atoms with Crippen LogP contribution in [0.2, 0.25) is 0 Å². The zero-order valence-corrected chi connectivity index (χ0v) is 12.9. The molecule has 2 aromatic rings. The van der Waals surface area contributed by atoms with Crippen LogP contribution in [0.3, 0.4) is 0 Å². The van der Waals surface area contributed by atoms with Gasteiger partial charge in [0.15, 0.2) is 0 Å². The molecule has 0 amide bonds. The monoisotopic (exact) mass is 358 g/mol. The van der Waals surface area contributed by atoms with E-state index < -0.39 is 15.8 Å². The topological polar surface area (TPSA) is 72.2 Å². The average Bonchev–Trinajstić information content (AvgIpc) is 2.36. The van der Waals surface area contributed by atoms with Gasteiger partial charge in [-0.1, -0.05) is 6.07 Å². The molecular weight excluding hydrogens is 347 g/mol. The summed E-state index contributed by atoms with van der Waals surface area (Å²) in [5.74, 6) is -0.533. The van der Waals surface area contributed by atoms with Crippen molar-refractivity contribution >= 4 is 37.3 Å². The van der Waals surface area contributed by atoms with Crippen molar-refractivity contribution in [2.45, 2.75) is 11.8 Å². The number of aryl methyl sites for hydroxylation is 1. The average molecular weight is 359 g/mol. The standard InChI is InChI=1S/C13H12BrFN2O2S/c1-8-2-4-10(7-12(8)16)20(18,19)17-13-6-9(15)3-5-11(13)14/h2-7,17H,16H2,1H3. The maximum atomic E-state index is 13.2. The van der Waals surface area contributed by atoms with E-state index in [4.69, 9.17) is 5.73 Å². The SMILES string of the molecule is Cc1ccc(S(=O)(=O)Nc2cc(F)ccc2Br)cc1N. The Morgan fingerprint density at radius 3 is 2.55 bits per heavy atom. The van der Waals surface area contributed by atoms with Gasteiger partial charge in [0.2, 0.25) is 0 Å². The quantitative estimate of drug-likeness (QED) is 0.827. The Labute approximate surface area is 125 Å².